The van der Waals surface area contributed by atoms with Gasteiger partial charge < -0.3 is 4.74 Å². The molecule has 0 aliphatic carbocycles. The molecule has 4 heteroatoms. The van der Waals surface area contributed by atoms with Crippen LogP contribution >= 0.6 is 11.3 Å². The molecule has 1 heterocycles. The van der Waals surface area contributed by atoms with E-state index >= 15 is 0 Å². The molecule has 0 radical (unpaired) electrons. The van der Waals surface area contributed by atoms with Crippen LogP contribution in [0.5, 0.6) is 11.5 Å². The lowest BCUT2D eigenvalue weighted by molar-refractivity contribution is 0.484. The predicted octanol–water partition coefficient (Wildman–Crippen LogP) is 5.08. The Kier molecular flexibility index (Phi) is 4.28. The van der Waals surface area contributed by atoms with E-state index in [0.29, 0.717) is 5.01 Å². The van der Waals surface area contributed by atoms with Gasteiger partial charge in [-0.3, -0.25) is 0 Å². The Bertz CT molecular complexity index is 870. The van der Waals surface area contributed by atoms with Gasteiger partial charge in [0, 0.05) is 6.07 Å². The van der Waals surface area contributed by atoms with Gasteiger partial charge in [-0.15, -0.1) is 11.3 Å². The zero-order chi connectivity index (χ0) is 15.2. The number of aromatic nitrogens is 1. The molecule has 0 saturated heterocycles. The molecular weight excluding hydrogens is 292 g/mol. The van der Waals surface area contributed by atoms with E-state index in [-0.39, 0.29) is 0 Å². The number of hydrogen-bond donors (Lipinski definition) is 0. The quantitative estimate of drug-likeness (QED) is 0.663. The van der Waals surface area contributed by atoms with Crippen LogP contribution in [0.3, 0.4) is 0 Å². The molecule has 106 valence electrons. The Morgan fingerprint density at radius 2 is 1.55 bits per heavy atom. The first kappa shape index (κ1) is 14.1. The van der Waals surface area contributed by atoms with Gasteiger partial charge >= 0.3 is 0 Å². The first-order chi connectivity index (χ1) is 10.8. The summed E-state index contributed by atoms with van der Waals surface area (Å²) < 4.78 is 6.84. The van der Waals surface area contributed by atoms with E-state index in [2.05, 4.69) is 11.1 Å². The Morgan fingerprint density at radius 3 is 2.23 bits per heavy atom. The van der Waals surface area contributed by atoms with Crippen LogP contribution in [-0.2, 0) is 0 Å². The number of fused-ring (bicyclic) bond motifs is 1. The topological polar surface area (TPSA) is 45.9 Å². The smallest absolute Gasteiger partial charge is 0.195 e. The minimum absolute atomic E-state index is 0.463. The molecule has 22 heavy (non-hydrogen) atoms. The third-order valence-electron chi connectivity index (χ3n) is 2.88. The highest BCUT2D eigenvalue weighted by molar-refractivity contribution is 7.19. The van der Waals surface area contributed by atoms with E-state index in [0.717, 1.165) is 21.7 Å². The van der Waals surface area contributed by atoms with Crippen molar-refractivity contribution in [3.8, 4) is 17.6 Å². The van der Waals surface area contributed by atoms with Gasteiger partial charge in [0.2, 0.25) is 0 Å². The van der Waals surface area contributed by atoms with Crippen molar-refractivity contribution in [3.63, 3.8) is 0 Å². The van der Waals surface area contributed by atoms with Gasteiger partial charge in [-0.1, -0.05) is 42.5 Å². The predicted molar refractivity (Wildman–Crippen MR) is 88.5 cm³/mol. The maximum absolute atomic E-state index is 8.91. The standard InChI is InChI=1S/C18H12N2OS/c19-13-18-20-16-11-10-15(12-17(16)22-18)21-14-8-6-4-2-1-3-5-7-9-14/h1-12H. The molecule has 3 aromatic rings. The fourth-order valence-electron chi connectivity index (χ4n) is 1.90. The molecule has 0 fully saturated rings. The van der Waals surface area contributed by atoms with Crippen LogP contribution in [0.15, 0.2) is 72.8 Å². The van der Waals surface area contributed by atoms with E-state index in [9.17, 15) is 0 Å². The number of nitriles is 1. The molecule has 0 saturated carbocycles. The van der Waals surface area contributed by atoms with Gasteiger partial charge in [-0.2, -0.15) is 5.26 Å². The lowest BCUT2D eigenvalue weighted by atomic mass is 10.3. The molecule has 0 atom stereocenters. The highest BCUT2D eigenvalue weighted by atomic mass is 32.1. The van der Waals surface area contributed by atoms with Crippen molar-refractivity contribution in [1.29, 1.82) is 5.26 Å². The third kappa shape index (κ3) is 3.40. The average molecular weight is 304 g/mol. The van der Waals surface area contributed by atoms with Gasteiger partial charge in [0.25, 0.3) is 0 Å². The SMILES string of the molecule is N#Cc1nc2ccc(Oc3ccccccccc3)cc2s1. The summed E-state index contributed by atoms with van der Waals surface area (Å²) in [6.45, 7) is 0. The van der Waals surface area contributed by atoms with Crippen LogP contribution in [0.2, 0.25) is 0 Å². The van der Waals surface area contributed by atoms with Gasteiger partial charge in [0.15, 0.2) is 5.01 Å². The molecule has 0 spiro atoms. The van der Waals surface area contributed by atoms with E-state index in [1.807, 2.05) is 72.8 Å². The highest BCUT2D eigenvalue weighted by Gasteiger charge is 2.04. The van der Waals surface area contributed by atoms with E-state index in [1.54, 1.807) is 0 Å². The number of nitrogens with zero attached hydrogens (tertiary/aromatic N) is 2. The summed E-state index contributed by atoms with van der Waals surface area (Å²) in [4.78, 5) is 4.21. The normalized spacial score (nSPS) is 9.77. The molecule has 0 aliphatic rings. The first-order valence-corrected chi connectivity index (χ1v) is 7.54. The van der Waals surface area contributed by atoms with Crippen molar-refractivity contribution in [2.24, 2.45) is 0 Å². The molecule has 0 aliphatic heterocycles. The van der Waals surface area contributed by atoms with Crippen molar-refractivity contribution >= 4 is 21.6 Å². The van der Waals surface area contributed by atoms with Crippen LogP contribution in [0.1, 0.15) is 5.01 Å². The highest BCUT2D eigenvalue weighted by Crippen LogP contribution is 2.28. The molecule has 0 bridgehead atoms. The molecule has 0 N–H and O–H groups in total. The monoisotopic (exact) mass is 304 g/mol. The largest absolute Gasteiger partial charge is 0.457 e. The zero-order valence-corrected chi connectivity index (χ0v) is 12.5. The fraction of sp³-hybridized carbons (Fsp3) is 0. The summed E-state index contributed by atoms with van der Waals surface area (Å²) >= 11 is 1.36. The Morgan fingerprint density at radius 1 is 0.864 bits per heavy atom. The summed E-state index contributed by atoms with van der Waals surface area (Å²) in [5.41, 5.74) is 0.817. The second-order valence-electron chi connectivity index (χ2n) is 4.45. The van der Waals surface area contributed by atoms with Gasteiger partial charge in [0.05, 0.1) is 10.2 Å². The molecule has 3 nitrogen and oxygen atoms in total. The lowest BCUT2D eigenvalue weighted by Gasteiger charge is -2.03. The molecule has 2 aromatic carbocycles. The van der Waals surface area contributed by atoms with Crippen LogP contribution in [0, 0.1) is 11.3 Å². The van der Waals surface area contributed by atoms with Crippen molar-refractivity contribution in [3.05, 3.63) is 77.8 Å². The molecule has 3 rings (SSSR count). The second kappa shape index (κ2) is 6.70. The summed E-state index contributed by atoms with van der Waals surface area (Å²) in [6, 6.07) is 25.1. The Balaban J connectivity index is 1.94. The average Bonchev–Trinajstić information content (AvgIpc) is 2.96. The zero-order valence-electron chi connectivity index (χ0n) is 11.6. The minimum Gasteiger partial charge on any atom is -0.457 e. The number of benzene rings is 1. The number of rotatable bonds is 2. The van der Waals surface area contributed by atoms with Crippen molar-refractivity contribution in [2.75, 3.05) is 0 Å². The van der Waals surface area contributed by atoms with Crippen molar-refractivity contribution in [1.82, 2.24) is 4.98 Å². The van der Waals surface area contributed by atoms with Crippen LogP contribution in [0.25, 0.3) is 10.2 Å². The van der Waals surface area contributed by atoms with Gasteiger partial charge in [-0.05, 0) is 24.3 Å². The van der Waals surface area contributed by atoms with E-state index in [1.165, 1.54) is 11.3 Å². The van der Waals surface area contributed by atoms with Crippen LogP contribution in [-0.4, -0.2) is 4.98 Å². The van der Waals surface area contributed by atoms with Crippen molar-refractivity contribution in [2.45, 2.75) is 0 Å². The minimum atomic E-state index is 0.463. The number of thiazole rings is 1. The molecule has 0 unspecified atom stereocenters. The summed E-state index contributed by atoms with van der Waals surface area (Å²) in [7, 11) is 0. The van der Waals surface area contributed by atoms with Gasteiger partial charge in [0.1, 0.15) is 17.6 Å². The Labute approximate surface area is 132 Å². The number of hydrogen-bond acceptors (Lipinski definition) is 4. The van der Waals surface area contributed by atoms with Gasteiger partial charge in [-0.25, -0.2) is 4.98 Å². The molecule has 0 amide bonds. The maximum atomic E-state index is 8.91. The number of ether oxygens (including phenoxy) is 1. The molecule has 1 aromatic heterocycles. The summed E-state index contributed by atoms with van der Waals surface area (Å²) in [5, 5.41) is 9.37. The maximum Gasteiger partial charge on any atom is 0.195 e. The van der Waals surface area contributed by atoms with Crippen molar-refractivity contribution < 1.29 is 4.74 Å². The van der Waals surface area contributed by atoms with Crippen LogP contribution < -0.4 is 4.74 Å². The Hall–Kier alpha value is -2.90. The van der Waals surface area contributed by atoms with E-state index in [4.69, 9.17) is 10.00 Å². The van der Waals surface area contributed by atoms with Crippen LogP contribution in [0.4, 0.5) is 0 Å². The molecular formula is C18H12N2OS. The first-order valence-electron chi connectivity index (χ1n) is 6.72. The summed E-state index contributed by atoms with van der Waals surface area (Å²) in [5.74, 6) is 1.46. The van der Waals surface area contributed by atoms with E-state index < -0.39 is 0 Å². The third-order valence-corrected chi connectivity index (χ3v) is 3.80. The second-order valence-corrected chi connectivity index (χ2v) is 5.48. The lowest BCUT2D eigenvalue weighted by Crippen LogP contribution is -1.82. The summed E-state index contributed by atoms with van der Waals surface area (Å²) in [6.07, 6.45) is 0. The fourth-order valence-corrected chi connectivity index (χ4v) is 2.69.